The molecule has 0 amide bonds. The van der Waals surface area contributed by atoms with Gasteiger partial charge in [-0.2, -0.15) is 0 Å². The molecule has 1 saturated heterocycles. The molecule has 40 heavy (non-hydrogen) atoms. The van der Waals surface area contributed by atoms with Gasteiger partial charge in [0.1, 0.15) is 40.4 Å². The molecule has 2 unspecified atom stereocenters. The molecule has 4 aromatic rings. The van der Waals surface area contributed by atoms with Crippen LogP contribution in [0.2, 0.25) is 0 Å². The summed E-state index contributed by atoms with van der Waals surface area (Å²) < 4.78 is 84.3. The van der Waals surface area contributed by atoms with Gasteiger partial charge in [-0.25, -0.2) is 26.7 Å². The van der Waals surface area contributed by atoms with E-state index in [0.29, 0.717) is 24.2 Å². The summed E-state index contributed by atoms with van der Waals surface area (Å²) in [5.74, 6) is -6.81. The van der Waals surface area contributed by atoms with Crippen molar-refractivity contribution in [2.24, 2.45) is 5.92 Å². The Morgan fingerprint density at radius 1 is 0.825 bits per heavy atom. The lowest BCUT2D eigenvalue weighted by molar-refractivity contribution is -0.0124. The van der Waals surface area contributed by atoms with Gasteiger partial charge in [0.25, 0.3) is 0 Å². The number of carbonyl (C=O) groups excluding carboxylic acids is 1. The second-order valence-electron chi connectivity index (χ2n) is 10.5. The van der Waals surface area contributed by atoms with Crippen molar-refractivity contribution in [3.05, 3.63) is 99.4 Å². The second-order valence-corrected chi connectivity index (χ2v) is 10.5. The molecule has 1 fully saturated rings. The highest BCUT2D eigenvalue weighted by atomic mass is 19.2. The molecule has 1 heterocycles. The maximum absolute atomic E-state index is 15.2. The van der Waals surface area contributed by atoms with Crippen LogP contribution in [-0.4, -0.2) is 12.6 Å². The average molecular weight is 555 g/mol. The van der Waals surface area contributed by atoms with E-state index in [4.69, 9.17) is 9.47 Å². The summed E-state index contributed by atoms with van der Waals surface area (Å²) in [5.41, 5.74) is 2.13. The lowest BCUT2D eigenvalue weighted by Gasteiger charge is -2.28. The van der Waals surface area contributed by atoms with E-state index in [0.717, 1.165) is 60.7 Å². The number of aryl methyl sites for hydroxylation is 2. The second kappa shape index (κ2) is 10.7. The van der Waals surface area contributed by atoms with Gasteiger partial charge in [-0.1, -0.05) is 19.1 Å². The Balaban J connectivity index is 1.44. The molecule has 8 heteroatoms. The lowest BCUT2D eigenvalue weighted by atomic mass is 9.89. The predicted octanol–water partition coefficient (Wildman–Crippen LogP) is 8.83. The Hall–Kier alpha value is -3.78. The maximum Gasteiger partial charge on any atom is 0.349 e. The summed E-state index contributed by atoms with van der Waals surface area (Å²) in [6.07, 6.45) is 1.91. The Morgan fingerprint density at radius 3 is 2.08 bits per heavy atom. The number of halogens is 5. The molecule has 1 aliphatic heterocycles. The third-order valence-corrected chi connectivity index (χ3v) is 7.46. The van der Waals surface area contributed by atoms with Gasteiger partial charge in [-0.05, 0) is 97.0 Å². The number of hydrogen-bond acceptors (Lipinski definition) is 3. The van der Waals surface area contributed by atoms with Gasteiger partial charge in [0.05, 0.1) is 11.5 Å². The lowest BCUT2D eigenvalue weighted by Crippen LogP contribution is -2.18. The first-order chi connectivity index (χ1) is 18.9. The molecular weight excluding hydrogens is 527 g/mol. The summed E-state index contributed by atoms with van der Waals surface area (Å²) in [6, 6.07) is 8.60. The highest BCUT2D eigenvalue weighted by molar-refractivity contribution is 5.94. The average Bonchev–Trinajstić information content (AvgIpc) is 2.86. The van der Waals surface area contributed by atoms with E-state index in [1.807, 2.05) is 26.0 Å². The van der Waals surface area contributed by atoms with E-state index in [2.05, 4.69) is 6.92 Å². The zero-order valence-electron chi connectivity index (χ0n) is 22.4. The van der Waals surface area contributed by atoms with Crippen molar-refractivity contribution < 1.29 is 36.2 Å². The normalized spacial score (nSPS) is 17.3. The Morgan fingerprint density at radius 2 is 1.48 bits per heavy atom. The van der Waals surface area contributed by atoms with Crippen LogP contribution < -0.4 is 4.74 Å². The number of esters is 1. The summed E-state index contributed by atoms with van der Waals surface area (Å²) >= 11 is 0. The highest BCUT2D eigenvalue weighted by Crippen LogP contribution is 2.37. The largest absolute Gasteiger partial charge is 0.423 e. The van der Waals surface area contributed by atoms with Crippen LogP contribution in [0.1, 0.15) is 58.5 Å². The van der Waals surface area contributed by atoms with Gasteiger partial charge >= 0.3 is 5.97 Å². The van der Waals surface area contributed by atoms with Crippen LogP contribution in [0.5, 0.6) is 5.75 Å². The van der Waals surface area contributed by atoms with Crippen LogP contribution in [0.15, 0.2) is 42.5 Å². The van der Waals surface area contributed by atoms with E-state index < -0.39 is 51.8 Å². The Kier molecular flexibility index (Phi) is 7.40. The van der Waals surface area contributed by atoms with E-state index >= 15 is 8.78 Å². The Bertz CT molecular complexity index is 1610. The number of ether oxygens (including phenoxy) is 2. The van der Waals surface area contributed by atoms with Crippen molar-refractivity contribution in [3.8, 4) is 16.9 Å². The number of rotatable bonds is 4. The van der Waals surface area contributed by atoms with Crippen molar-refractivity contribution in [1.29, 1.82) is 0 Å². The van der Waals surface area contributed by atoms with Crippen molar-refractivity contribution in [2.45, 2.75) is 46.6 Å². The molecule has 4 aromatic carbocycles. The first-order valence-electron chi connectivity index (χ1n) is 13.0. The number of carbonyl (C=O) groups is 1. The molecule has 2 atom stereocenters. The topological polar surface area (TPSA) is 35.5 Å². The van der Waals surface area contributed by atoms with Crippen molar-refractivity contribution in [1.82, 2.24) is 0 Å². The fraction of sp³-hybridized carbons (Fsp3) is 0.281. The van der Waals surface area contributed by atoms with E-state index in [-0.39, 0.29) is 22.6 Å². The molecule has 0 aromatic heterocycles. The van der Waals surface area contributed by atoms with Crippen molar-refractivity contribution in [2.75, 3.05) is 6.61 Å². The van der Waals surface area contributed by atoms with Gasteiger partial charge < -0.3 is 9.47 Å². The monoisotopic (exact) mass is 554 g/mol. The van der Waals surface area contributed by atoms with Crippen molar-refractivity contribution >= 4 is 16.7 Å². The van der Waals surface area contributed by atoms with Gasteiger partial charge in [0, 0.05) is 18.2 Å². The third-order valence-electron chi connectivity index (χ3n) is 7.46. The summed E-state index contributed by atoms with van der Waals surface area (Å²) in [7, 11) is 0. The maximum atomic E-state index is 15.2. The SMILES string of the molecule is Cc1cc(C2CCC(C)CO2)cc(C)c1-c1cc(F)c(C(=O)Oc2cc(F)c3c(F)c(C)c(F)cc3c2)c(F)c1. The van der Waals surface area contributed by atoms with Gasteiger partial charge in [0.15, 0.2) is 0 Å². The molecule has 0 spiro atoms. The van der Waals surface area contributed by atoms with Crippen molar-refractivity contribution in [3.63, 3.8) is 0 Å². The van der Waals surface area contributed by atoms with E-state index in [9.17, 15) is 18.0 Å². The molecule has 0 radical (unpaired) electrons. The first kappa shape index (κ1) is 27.8. The first-order valence-corrected chi connectivity index (χ1v) is 13.0. The zero-order valence-corrected chi connectivity index (χ0v) is 22.4. The molecule has 3 nitrogen and oxygen atoms in total. The van der Waals surface area contributed by atoms with Gasteiger partial charge in [-0.15, -0.1) is 0 Å². The fourth-order valence-corrected chi connectivity index (χ4v) is 5.40. The molecule has 5 rings (SSSR count). The predicted molar refractivity (Wildman–Crippen MR) is 142 cm³/mol. The fourth-order valence-electron chi connectivity index (χ4n) is 5.40. The van der Waals surface area contributed by atoms with E-state index in [1.165, 1.54) is 0 Å². The molecule has 0 saturated carbocycles. The molecule has 0 N–H and O–H groups in total. The van der Waals surface area contributed by atoms with Crippen LogP contribution in [0.4, 0.5) is 22.0 Å². The summed E-state index contributed by atoms with van der Waals surface area (Å²) in [5, 5.41) is -0.691. The van der Waals surface area contributed by atoms with Crippen LogP contribution in [0.25, 0.3) is 21.9 Å². The molecular formula is C32H27F5O3. The number of hydrogen-bond donors (Lipinski definition) is 0. The quantitative estimate of drug-likeness (QED) is 0.144. The summed E-state index contributed by atoms with van der Waals surface area (Å²) in [6.45, 7) is 7.67. The Labute approximate surface area is 228 Å². The van der Waals surface area contributed by atoms with Gasteiger partial charge in [0.2, 0.25) is 0 Å². The molecule has 208 valence electrons. The van der Waals surface area contributed by atoms with Crippen LogP contribution in [-0.2, 0) is 4.74 Å². The van der Waals surface area contributed by atoms with Gasteiger partial charge in [-0.3, -0.25) is 0 Å². The molecule has 0 bridgehead atoms. The van der Waals surface area contributed by atoms with E-state index in [1.54, 1.807) is 0 Å². The third kappa shape index (κ3) is 5.08. The minimum Gasteiger partial charge on any atom is -0.423 e. The minimum atomic E-state index is -1.42. The van der Waals surface area contributed by atoms with Crippen LogP contribution in [0.3, 0.4) is 0 Å². The molecule has 0 aliphatic carbocycles. The molecule has 1 aliphatic rings. The minimum absolute atomic E-state index is 0.0368. The highest BCUT2D eigenvalue weighted by Gasteiger charge is 2.25. The van der Waals surface area contributed by atoms with Crippen LogP contribution >= 0.6 is 0 Å². The van der Waals surface area contributed by atoms with Crippen LogP contribution in [0, 0.1) is 55.8 Å². The summed E-state index contributed by atoms with van der Waals surface area (Å²) in [4.78, 5) is 12.7. The zero-order chi connectivity index (χ0) is 28.9. The number of benzene rings is 4. The number of fused-ring (bicyclic) bond motifs is 1. The smallest absolute Gasteiger partial charge is 0.349 e. The standard InChI is InChI=1S/C32H27F5O3/c1-15-5-6-27(39-14-15)19-7-16(2)28(17(3)8-19)21-11-24(34)30(25(35)12-21)32(38)40-22-9-20-10-23(33)18(4)31(37)29(20)26(36)13-22/h7-13,15,27H,5-6,14H2,1-4H3.